The molecule has 222 valence electrons. The normalized spacial score (nSPS) is 9.93. The lowest BCUT2D eigenvalue weighted by atomic mass is 10.2. The van der Waals surface area contributed by atoms with Gasteiger partial charge in [-0.25, -0.2) is 9.59 Å². The zero-order valence-corrected chi connectivity index (χ0v) is 22.9. The first-order chi connectivity index (χ1) is 20.6. The Hall–Kier alpha value is -6.18. The van der Waals surface area contributed by atoms with E-state index in [-0.39, 0.29) is 28.3 Å². The minimum absolute atomic E-state index is 0.0302. The lowest BCUT2D eigenvalue weighted by molar-refractivity contribution is -0.385. The first kappa shape index (κ1) is 31.3. The number of nitro benzene ring substituents is 2. The summed E-state index contributed by atoms with van der Waals surface area (Å²) in [6, 6.07) is 20.1. The molecule has 14 nitrogen and oxygen atoms in total. The Morgan fingerprint density at radius 2 is 0.977 bits per heavy atom. The number of benzene rings is 4. The number of nitrogens with zero attached hydrogens (tertiary/aromatic N) is 2. The van der Waals surface area contributed by atoms with Gasteiger partial charge in [0.1, 0.15) is 45.6 Å². The molecule has 0 fully saturated rings. The molecule has 0 atom stereocenters. The Morgan fingerprint density at radius 3 is 1.33 bits per heavy atom. The van der Waals surface area contributed by atoms with Crippen molar-refractivity contribution in [3.63, 3.8) is 0 Å². The summed E-state index contributed by atoms with van der Waals surface area (Å²) in [5.74, 6) is 0.347. The SMILES string of the molecule is COC(=O)c1cc(Oc2ccc([N+](=O)[O-])cc2)ccc1OC.COc1ccc(Oc2ccc([N+](=O)[O-])cc2)cc1C(=O)O. The molecule has 0 bridgehead atoms. The van der Waals surface area contributed by atoms with E-state index in [0.29, 0.717) is 28.7 Å². The quantitative estimate of drug-likeness (QED) is 0.124. The molecule has 0 amide bonds. The highest BCUT2D eigenvalue weighted by molar-refractivity contribution is 5.93. The zero-order chi connectivity index (χ0) is 31.5. The van der Waals surface area contributed by atoms with Crippen molar-refractivity contribution in [3.8, 4) is 34.5 Å². The molecule has 0 aliphatic rings. The number of esters is 1. The van der Waals surface area contributed by atoms with Crippen LogP contribution >= 0.6 is 0 Å². The van der Waals surface area contributed by atoms with Crippen LogP contribution < -0.4 is 18.9 Å². The molecule has 0 saturated carbocycles. The van der Waals surface area contributed by atoms with Gasteiger partial charge in [-0.05, 0) is 60.7 Å². The van der Waals surface area contributed by atoms with Crippen LogP contribution in [0, 0.1) is 20.2 Å². The van der Waals surface area contributed by atoms with Gasteiger partial charge in [0.15, 0.2) is 0 Å². The second-order valence-corrected chi connectivity index (χ2v) is 8.23. The summed E-state index contributed by atoms with van der Waals surface area (Å²) >= 11 is 0. The number of rotatable bonds is 10. The number of hydrogen-bond acceptors (Lipinski definition) is 11. The molecule has 0 radical (unpaired) electrons. The molecule has 0 aliphatic heterocycles. The van der Waals surface area contributed by atoms with E-state index in [0.717, 1.165) is 0 Å². The van der Waals surface area contributed by atoms with Crippen LogP contribution in [-0.4, -0.2) is 48.2 Å². The van der Waals surface area contributed by atoms with Gasteiger partial charge in [-0.3, -0.25) is 20.2 Å². The van der Waals surface area contributed by atoms with Gasteiger partial charge in [-0.2, -0.15) is 0 Å². The molecule has 0 aromatic heterocycles. The van der Waals surface area contributed by atoms with Crippen LogP contribution in [0.3, 0.4) is 0 Å². The lowest BCUT2D eigenvalue weighted by Gasteiger charge is -2.10. The van der Waals surface area contributed by atoms with E-state index in [1.165, 1.54) is 88.1 Å². The average Bonchev–Trinajstić information content (AvgIpc) is 3.01. The molecule has 1 N–H and O–H groups in total. The number of aromatic carboxylic acids is 1. The second kappa shape index (κ2) is 14.5. The van der Waals surface area contributed by atoms with Crippen molar-refractivity contribution >= 4 is 23.3 Å². The summed E-state index contributed by atoms with van der Waals surface area (Å²) in [7, 11) is 4.09. The van der Waals surface area contributed by atoms with E-state index in [9.17, 15) is 29.8 Å². The molecule has 0 unspecified atom stereocenters. The van der Waals surface area contributed by atoms with Gasteiger partial charge in [0.05, 0.1) is 31.2 Å². The third-order valence-electron chi connectivity index (χ3n) is 5.54. The highest BCUT2D eigenvalue weighted by Crippen LogP contribution is 2.30. The van der Waals surface area contributed by atoms with E-state index in [1.807, 2.05) is 0 Å². The Labute approximate surface area is 243 Å². The van der Waals surface area contributed by atoms with Crippen LogP contribution in [0.5, 0.6) is 34.5 Å². The van der Waals surface area contributed by atoms with Crippen molar-refractivity contribution in [2.45, 2.75) is 0 Å². The summed E-state index contributed by atoms with van der Waals surface area (Å²) in [6.07, 6.45) is 0. The highest BCUT2D eigenvalue weighted by atomic mass is 16.6. The van der Waals surface area contributed by atoms with Gasteiger partial charge < -0.3 is 28.8 Å². The largest absolute Gasteiger partial charge is 0.496 e. The minimum atomic E-state index is -1.14. The van der Waals surface area contributed by atoms with E-state index < -0.39 is 21.8 Å². The maximum Gasteiger partial charge on any atom is 0.341 e. The van der Waals surface area contributed by atoms with Crippen LogP contribution in [0.15, 0.2) is 84.9 Å². The van der Waals surface area contributed by atoms with Crippen LogP contribution in [0.25, 0.3) is 0 Å². The minimum Gasteiger partial charge on any atom is -0.496 e. The van der Waals surface area contributed by atoms with E-state index >= 15 is 0 Å². The smallest absolute Gasteiger partial charge is 0.341 e. The molecule has 4 rings (SSSR count). The number of carbonyl (C=O) groups excluding carboxylic acids is 1. The monoisotopic (exact) mass is 592 g/mol. The third kappa shape index (κ3) is 8.40. The summed E-state index contributed by atoms with van der Waals surface area (Å²) in [6.45, 7) is 0. The molecule has 0 spiro atoms. The van der Waals surface area contributed by atoms with Crippen molar-refractivity contribution in [2.75, 3.05) is 21.3 Å². The fourth-order valence-electron chi connectivity index (χ4n) is 3.48. The van der Waals surface area contributed by atoms with E-state index in [1.54, 1.807) is 18.2 Å². The first-order valence-electron chi connectivity index (χ1n) is 12.1. The molecular formula is C29H24N2O12. The average molecular weight is 593 g/mol. The Morgan fingerprint density at radius 1 is 0.605 bits per heavy atom. The summed E-state index contributed by atoms with van der Waals surface area (Å²) < 4.78 is 25.7. The predicted octanol–water partition coefficient (Wildman–Crippen LogP) is 6.28. The molecular weight excluding hydrogens is 568 g/mol. The highest BCUT2D eigenvalue weighted by Gasteiger charge is 2.15. The number of ether oxygens (including phenoxy) is 5. The molecule has 4 aromatic rings. The third-order valence-corrected chi connectivity index (χ3v) is 5.54. The van der Waals surface area contributed by atoms with Crippen molar-refractivity contribution < 1.29 is 48.2 Å². The second-order valence-electron chi connectivity index (χ2n) is 8.23. The predicted molar refractivity (Wildman–Crippen MR) is 151 cm³/mol. The fourth-order valence-corrected chi connectivity index (χ4v) is 3.48. The van der Waals surface area contributed by atoms with Gasteiger partial charge in [0.25, 0.3) is 11.4 Å². The van der Waals surface area contributed by atoms with Gasteiger partial charge in [0.2, 0.25) is 0 Å². The lowest BCUT2D eigenvalue weighted by Crippen LogP contribution is -2.04. The van der Waals surface area contributed by atoms with E-state index in [2.05, 4.69) is 4.74 Å². The van der Waals surface area contributed by atoms with Gasteiger partial charge in [0, 0.05) is 24.3 Å². The van der Waals surface area contributed by atoms with Crippen LogP contribution in [0.1, 0.15) is 20.7 Å². The number of nitro groups is 2. The zero-order valence-electron chi connectivity index (χ0n) is 22.9. The number of non-ortho nitro benzene ring substituents is 2. The maximum absolute atomic E-state index is 11.7. The molecule has 0 saturated heterocycles. The molecule has 0 heterocycles. The fraction of sp³-hybridized carbons (Fsp3) is 0.103. The number of hydrogen-bond donors (Lipinski definition) is 1. The summed E-state index contributed by atoms with van der Waals surface area (Å²) in [4.78, 5) is 42.9. The van der Waals surface area contributed by atoms with Crippen molar-refractivity contribution in [3.05, 3.63) is 116 Å². The Bertz CT molecular complexity index is 1620. The number of methoxy groups -OCH3 is 3. The van der Waals surface area contributed by atoms with Crippen LogP contribution in [-0.2, 0) is 4.74 Å². The summed E-state index contributed by atoms with van der Waals surface area (Å²) in [5, 5.41) is 30.2. The molecule has 43 heavy (non-hydrogen) atoms. The van der Waals surface area contributed by atoms with Crippen molar-refractivity contribution in [2.24, 2.45) is 0 Å². The van der Waals surface area contributed by atoms with Crippen molar-refractivity contribution in [1.29, 1.82) is 0 Å². The standard InChI is InChI=1S/C15H13NO6.C14H11NO6/c1-20-14-8-7-12(9-13(14)15(17)21-2)22-11-5-3-10(4-6-11)16(18)19;1-20-13-7-6-11(8-12(13)14(16)17)21-10-4-2-9(3-5-10)15(18)19/h3-9H,1-2H3;2-8H,1H3,(H,16,17). The molecule has 0 aliphatic carbocycles. The van der Waals surface area contributed by atoms with Crippen LogP contribution in [0.4, 0.5) is 11.4 Å². The first-order valence-corrected chi connectivity index (χ1v) is 12.1. The van der Waals surface area contributed by atoms with Crippen LogP contribution in [0.2, 0.25) is 0 Å². The van der Waals surface area contributed by atoms with Crippen molar-refractivity contribution in [1.82, 2.24) is 0 Å². The number of carboxylic acids is 1. The topological polar surface area (TPSA) is 187 Å². The van der Waals surface area contributed by atoms with Gasteiger partial charge in [-0.15, -0.1) is 0 Å². The number of carboxylic acid groups (broad SMARTS) is 1. The van der Waals surface area contributed by atoms with Gasteiger partial charge in [-0.1, -0.05) is 0 Å². The maximum atomic E-state index is 11.7. The summed E-state index contributed by atoms with van der Waals surface area (Å²) in [5.41, 5.74) is 0.113. The Balaban J connectivity index is 0.000000236. The van der Waals surface area contributed by atoms with E-state index in [4.69, 9.17) is 24.1 Å². The van der Waals surface area contributed by atoms with Gasteiger partial charge >= 0.3 is 11.9 Å². The Kier molecular flexibility index (Phi) is 10.5. The molecule has 4 aromatic carbocycles. The molecule has 14 heteroatoms. The number of carbonyl (C=O) groups is 2.